The zero-order valence-corrected chi connectivity index (χ0v) is 16.6. The van der Waals surface area contributed by atoms with Crippen LogP contribution < -0.4 is 15.4 Å². The van der Waals surface area contributed by atoms with Crippen LogP contribution in [0.15, 0.2) is 18.2 Å². The maximum atomic E-state index is 12.3. The number of carbonyl (C=O) groups excluding carboxylic acids is 1. The number of hydrogen-bond donors (Lipinski definition) is 1. The van der Waals surface area contributed by atoms with Crippen LogP contribution in [-0.2, 0) is 0 Å². The zero-order chi connectivity index (χ0) is 19.4. The Morgan fingerprint density at radius 2 is 1.73 bits per heavy atom. The van der Waals surface area contributed by atoms with E-state index in [1.165, 1.54) is 5.56 Å². The summed E-state index contributed by atoms with van der Waals surface area (Å²) in [4.78, 5) is 18.9. The van der Waals surface area contributed by atoms with Crippen LogP contribution in [0.2, 0.25) is 0 Å². The van der Waals surface area contributed by atoms with Crippen LogP contribution in [-0.4, -0.2) is 24.0 Å². The van der Waals surface area contributed by atoms with Gasteiger partial charge < -0.3 is 15.4 Å². The molecule has 2 N–H and O–H groups in total. The van der Waals surface area contributed by atoms with E-state index >= 15 is 0 Å². The van der Waals surface area contributed by atoms with Crippen molar-refractivity contribution in [3.8, 4) is 11.6 Å². The van der Waals surface area contributed by atoms with Gasteiger partial charge in [-0.1, -0.05) is 24.6 Å². The van der Waals surface area contributed by atoms with Gasteiger partial charge in [0.25, 0.3) is 5.91 Å². The fraction of sp³-hybridized carbons (Fsp3) is 0.429. The number of rotatable bonds is 7. The van der Waals surface area contributed by atoms with Crippen LogP contribution in [0, 0.1) is 27.7 Å². The molecule has 0 unspecified atom stereocenters. The molecule has 2 rings (SSSR count). The lowest BCUT2D eigenvalue weighted by Gasteiger charge is -2.26. The molecule has 0 aliphatic rings. The first-order valence-electron chi connectivity index (χ1n) is 9.10. The largest absolute Gasteiger partial charge is 0.438 e. The summed E-state index contributed by atoms with van der Waals surface area (Å²) in [5.41, 5.74) is 10.8. The second kappa shape index (κ2) is 8.21. The van der Waals surface area contributed by atoms with Crippen LogP contribution in [0.25, 0.3) is 0 Å². The van der Waals surface area contributed by atoms with Crippen molar-refractivity contribution in [1.82, 2.24) is 4.98 Å². The van der Waals surface area contributed by atoms with Crippen LogP contribution >= 0.6 is 0 Å². The molecule has 1 aromatic carbocycles. The van der Waals surface area contributed by atoms with Gasteiger partial charge in [-0.05, 0) is 58.2 Å². The third-order valence-electron chi connectivity index (χ3n) is 4.36. The molecule has 5 nitrogen and oxygen atoms in total. The maximum absolute atomic E-state index is 12.3. The predicted molar refractivity (Wildman–Crippen MR) is 106 cm³/mol. The number of aryl methyl sites for hydroxylation is 4. The molecule has 0 saturated carbocycles. The topological polar surface area (TPSA) is 68.5 Å². The second-order valence-corrected chi connectivity index (χ2v) is 6.74. The molecular formula is C21H29N3O2. The van der Waals surface area contributed by atoms with E-state index < -0.39 is 5.91 Å². The van der Waals surface area contributed by atoms with Crippen LogP contribution in [0.4, 0.5) is 5.69 Å². The molecule has 0 atom stereocenters. The molecule has 1 amide bonds. The number of pyridine rings is 1. The van der Waals surface area contributed by atoms with E-state index in [1.807, 2.05) is 33.8 Å². The SMILES string of the molecule is CCCN(CC)c1cc(C)nc(Oc2c(C)cc(C)cc2C)c1C(N)=O. The summed E-state index contributed by atoms with van der Waals surface area (Å²) < 4.78 is 6.14. The number of primary amides is 1. The molecule has 1 aromatic heterocycles. The van der Waals surface area contributed by atoms with Gasteiger partial charge in [0.2, 0.25) is 5.88 Å². The minimum atomic E-state index is -0.528. The lowest BCUT2D eigenvalue weighted by atomic mass is 10.1. The first-order chi connectivity index (χ1) is 12.3. The number of hydrogen-bond acceptors (Lipinski definition) is 4. The van der Waals surface area contributed by atoms with Crippen molar-refractivity contribution in [1.29, 1.82) is 0 Å². The smallest absolute Gasteiger partial charge is 0.256 e. The van der Waals surface area contributed by atoms with Gasteiger partial charge in [-0.15, -0.1) is 0 Å². The van der Waals surface area contributed by atoms with Crippen molar-refractivity contribution in [3.63, 3.8) is 0 Å². The van der Waals surface area contributed by atoms with Crippen LogP contribution in [0.1, 0.15) is 53.0 Å². The predicted octanol–water partition coefficient (Wildman–Crippen LogP) is 4.44. The van der Waals surface area contributed by atoms with Crippen molar-refractivity contribution >= 4 is 11.6 Å². The Morgan fingerprint density at radius 3 is 2.23 bits per heavy atom. The molecule has 2 aromatic rings. The molecule has 5 heteroatoms. The summed E-state index contributed by atoms with van der Waals surface area (Å²) in [6.45, 7) is 13.7. The highest BCUT2D eigenvalue weighted by atomic mass is 16.5. The number of ether oxygens (including phenoxy) is 1. The number of benzene rings is 1. The Kier molecular flexibility index (Phi) is 6.24. The van der Waals surface area contributed by atoms with Crippen molar-refractivity contribution in [2.75, 3.05) is 18.0 Å². The Labute approximate surface area is 156 Å². The number of nitrogens with two attached hydrogens (primary N) is 1. The average molecular weight is 355 g/mol. The molecule has 140 valence electrons. The summed E-state index contributed by atoms with van der Waals surface area (Å²) in [5, 5.41) is 0. The summed E-state index contributed by atoms with van der Waals surface area (Å²) >= 11 is 0. The number of amides is 1. The number of carbonyl (C=O) groups is 1. The molecule has 26 heavy (non-hydrogen) atoms. The monoisotopic (exact) mass is 355 g/mol. The molecule has 0 spiro atoms. The molecule has 0 fully saturated rings. The Bertz CT molecular complexity index is 792. The molecule has 0 aliphatic heterocycles. The van der Waals surface area contributed by atoms with Gasteiger partial charge in [0.15, 0.2) is 0 Å². The summed E-state index contributed by atoms with van der Waals surface area (Å²) in [6.07, 6.45) is 0.972. The normalized spacial score (nSPS) is 10.7. The van der Waals surface area contributed by atoms with Crippen molar-refractivity contribution in [3.05, 3.63) is 46.1 Å². The highest BCUT2D eigenvalue weighted by Gasteiger charge is 2.22. The third-order valence-corrected chi connectivity index (χ3v) is 4.36. The van der Waals surface area contributed by atoms with Crippen molar-refractivity contribution < 1.29 is 9.53 Å². The molecule has 0 bridgehead atoms. The third kappa shape index (κ3) is 4.15. The van der Waals surface area contributed by atoms with Gasteiger partial charge >= 0.3 is 0 Å². The molecule has 0 saturated heterocycles. The summed E-state index contributed by atoms with van der Waals surface area (Å²) in [5.74, 6) is 0.470. The highest BCUT2D eigenvalue weighted by molar-refractivity contribution is 6.01. The van der Waals surface area contributed by atoms with E-state index in [2.05, 4.69) is 35.9 Å². The van der Waals surface area contributed by atoms with Gasteiger partial charge in [-0.25, -0.2) is 4.98 Å². The Hall–Kier alpha value is -2.56. The van der Waals surface area contributed by atoms with Crippen molar-refractivity contribution in [2.24, 2.45) is 5.73 Å². The fourth-order valence-corrected chi connectivity index (χ4v) is 3.33. The Balaban J connectivity index is 2.62. The Morgan fingerprint density at radius 1 is 1.12 bits per heavy atom. The van der Waals surface area contributed by atoms with E-state index in [4.69, 9.17) is 10.5 Å². The molecule has 0 aliphatic carbocycles. The number of anilines is 1. The van der Waals surface area contributed by atoms with E-state index in [9.17, 15) is 4.79 Å². The maximum Gasteiger partial charge on any atom is 0.256 e. The first-order valence-corrected chi connectivity index (χ1v) is 9.10. The molecule has 0 radical (unpaired) electrons. The zero-order valence-electron chi connectivity index (χ0n) is 16.6. The summed E-state index contributed by atoms with van der Waals surface area (Å²) in [6, 6.07) is 6.01. The second-order valence-electron chi connectivity index (χ2n) is 6.74. The minimum absolute atomic E-state index is 0.275. The lowest BCUT2D eigenvalue weighted by Crippen LogP contribution is -2.28. The van der Waals surface area contributed by atoms with Crippen molar-refractivity contribution in [2.45, 2.75) is 48.0 Å². The minimum Gasteiger partial charge on any atom is -0.438 e. The summed E-state index contributed by atoms with van der Waals surface area (Å²) in [7, 11) is 0. The molecular weight excluding hydrogens is 326 g/mol. The van der Waals surface area contributed by atoms with E-state index in [0.717, 1.165) is 47.8 Å². The van der Waals surface area contributed by atoms with E-state index in [1.54, 1.807) is 0 Å². The number of aromatic nitrogens is 1. The van der Waals surface area contributed by atoms with Gasteiger partial charge in [-0.3, -0.25) is 4.79 Å². The first kappa shape index (κ1) is 19.8. The lowest BCUT2D eigenvalue weighted by molar-refractivity contribution is 0.0998. The average Bonchev–Trinajstić information content (AvgIpc) is 2.54. The molecule has 1 heterocycles. The van der Waals surface area contributed by atoms with Gasteiger partial charge in [0.1, 0.15) is 11.3 Å². The van der Waals surface area contributed by atoms with Gasteiger partial charge in [0, 0.05) is 18.8 Å². The van der Waals surface area contributed by atoms with Gasteiger partial charge in [-0.2, -0.15) is 0 Å². The highest BCUT2D eigenvalue weighted by Crippen LogP contribution is 2.35. The van der Waals surface area contributed by atoms with E-state index in [0.29, 0.717) is 5.56 Å². The van der Waals surface area contributed by atoms with Crippen LogP contribution in [0.5, 0.6) is 11.6 Å². The quantitative estimate of drug-likeness (QED) is 0.797. The standard InChI is InChI=1S/C21H29N3O2/c1-7-9-24(8-2)17-12-16(6)23-21(18(17)20(22)25)26-19-14(4)10-13(3)11-15(19)5/h10-12H,7-9H2,1-6H3,(H2,22,25). The van der Waals surface area contributed by atoms with Gasteiger partial charge in [0.05, 0.1) is 5.69 Å². The number of nitrogens with zero attached hydrogens (tertiary/aromatic N) is 2. The fourth-order valence-electron chi connectivity index (χ4n) is 3.33. The van der Waals surface area contributed by atoms with E-state index in [-0.39, 0.29) is 5.88 Å². The van der Waals surface area contributed by atoms with Crippen LogP contribution in [0.3, 0.4) is 0 Å².